The van der Waals surface area contributed by atoms with Gasteiger partial charge in [-0.15, -0.1) is 0 Å². The van der Waals surface area contributed by atoms with E-state index in [4.69, 9.17) is 5.14 Å². The summed E-state index contributed by atoms with van der Waals surface area (Å²) in [5.74, 6) is -0.905. The number of nitrogens with one attached hydrogen (secondary N) is 1. The lowest BCUT2D eigenvalue weighted by Gasteiger charge is -2.22. The van der Waals surface area contributed by atoms with Crippen LogP contribution in [0, 0.1) is 5.82 Å². The quantitative estimate of drug-likeness (QED) is 0.820. The van der Waals surface area contributed by atoms with Gasteiger partial charge in [0, 0.05) is 13.1 Å². The monoisotopic (exact) mass is 325 g/mol. The summed E-state index contributed by atoms with van der Waals surface area (Å²) < 4.78 is 62.7. The molecule has 0 aliphatic heterocycles. The van der Waals surface area contributed by atoms with E-state index in [0.29, 0.717) is 0 Å². The van der Waals surface area contributed by atoms with Gasteiger partial charge in [-0.1, -0.05) is 0 Å². The first-order chi connectivity index (χ1) is 8.95. The maximum atomic E-state index is 13.6. The molecule has 0 heterocycles. The molecule has 0 amide bonds. The van der Waals surface area contributed by atoms with E-state index >= 15 is 0 Å². The van der Waals surface area contributed by atoms with Crippen LogP contribution in [-0.4, -0.2) is 34.2 Å². The molecule has 114 valence electrons. The minimum atomic E-state index is -4.05. The van der Waals surface area contributed by atoms with Crippen LogP contribution in [0.2, 0.25) is 0 Å². The van der Waals surface area contributed by atoms with Gasteiger partial charge in [0.2, 0.25) is 10.0 Å². The van der Waals surface area contributed by atoms with E-state index in [9.17, 15) is 21.2 Å². The van der Waals surface area contributed by atoms with Crippen LogP contribution in [0.1, 0.15) is 13.8 Å². The van der Waals surface area contributed by atoms with Crippen LogP contribution in [0.25, 0.3) is 0 Å². The summed E-state index contributed by atoms with van der Waals surface area (Å²) in [5.41, 5.74) is -0.482. The highest BCUT2D eigenvalue weighted by atomic mass is 32.2. The van der Waals surface area contributed by atoms with E-state index in [-0.39, 0.29) is 10.9 Å². The Morgan fingerprint density at radius 1 is 1.25 bits per heavy atom. The molecule has 0 atom stereocenters. The smallest absolute Gasteiger partial charge is 0.268 e. The Morgan fingerprint density at radius 2 is 1.80 bits per heavy atom. The summed E-state index contributed by atoms with van der Waals surface area (Å²) in [6, 6.07) is 2.26. The Balaban J connectivity index is 3.22. The molecule has 0 saturated carbocycles. The maximum absolute atomic E-state index is 13.6. The SMILES string of the molecule is CC(C)N(C)S(=O)(=O)Nc1cc(S(N)(=O)=O)ccc1F. The lowest BCUT2D eigenvalue weighted by molar-refractivity contribution is 0.414. The minimum Gasteiger partial charge on any atom is -0.268 e. The number of nitrogens with two attached hydrogens (primary N) is 1. The molecule has 0 spiro atoms. The summed E-state index contributed by atoms with van der Waals surface area (Å²) in [4.78, 5) is -0.385. The zero-order chi connectivity index (χ0) is 15.7. The number of rotatable bonds is 5. The van der Waals surface area contributed by atoms with Gasteiger partial charge >= 0.3 is 10.2 Å². The van der Waals surface area contributed by atoms with Crippen LogP contribution < -0.4 is 9.86 Å². The van der Waals surface area contributed by atoms with Crippen molar-refractivity contribution in [3.63, 3.8) is 0 Å². The van der Waals surface area contributed by atoms with Gasteiger partial charge in [0.1, 0.15) is 5.82 Å². The first kappa shape index (κ1) is 16.8. The van der Waals surface area contributed by atoms with Crippen molar-refractivity contribution in [2.45, 2.75) is 24.8 Å². The van der Waals surface area contributed by atoms with E-state index in [0.717, 1.165) is 22.5 Å². The third-order valence-corrected chi connectivity index (χ3v) is 5.18. The van der Waals surface area contributed by atoms with Gasteiger partial charge in [0.25, 0.3) is 0 Å². The van der Waals surface area contributed by atoms with Crippen LogP contribution in [-0.2, 0) is 20.2 Å². The molecule has 1 aromatic carbocycles. The normalized spacial score (nSPS) is 12.9. The molecule has 0 aliphatic rings. The van der Waals surface area contributed by atoms with Crippen molar-refractivity contribution < 1.29 is 21.2 Å². The number of hydrogen-bond donors (Lipinski definition) is 2. The second-order valence-corrected chi connectivity index (χ2v) is 7.70. The number of anilines is 1. The molecule has 0 fully saturated rings. The summed E-state index contributed by atoms with van der Waals surface area (Å²) in [5, 5.41) is 4.91. The number of halogens is 1. The Labute approximate surface area is 117 Å². The van der Waals surface area contributed by atoms with E-state index in [1.807, 2.05) is 4.72 Å². The molecule has 3 N–H and O–H groups in total. The molecule has 0 aliphatic carbocycles. The topological polar surface area (TPSA) is 110 Å². The van der Waals surface area contributed by atoms with E-state index in [1.165, 1.54) is 7.05 Å². The van der Waals surface area contributed by atoms with Crippen molar-refractivity contribution in [3.8, 4) is 0 Å². The number of sulfonamides is 1. The average molecular weight is 325 g/mol. The van der Waals surface area contributed by atoms with Gasteiger partial charge < -0.3 is 0 Å². The van der Waals surface area contributed by atoms with Crippen molar-refractivity contribution in [2.24, 2.45) is 5.14 Å². The predicted molar refractivity (Wildman–Crippen MR) is 73.2 cm³/mol. The molecule has 1 aromatic rings. The van der Waals surface area contributed by atoms with Crippen molar-refractivity contribution >= 4 is 25.9 Å². The van der Waals surface area contributed by atoms with Crippen molar-refractivity contribution in [1.82, 2.24) is 4.31 Å². The van der Waals surface area contributed by atoms with Crippen LogP contribution in [0.4, 0.5) is 10.1 Å². The van der Waals surface area contributed by atoms with E-state index < -0.39 is 31.7 Å². The molecule has 10 heteroatoms. The van der Waals surface area contributed by atoms with Crippen LogP contribution in [0.5, 0.6) is 0 Å². The fraction of sp³-hybridized carbons (Fsp3) is 0.400. The van der Waals surface area contributed by atoms with Crippen LogP contribution in [0.15, 0.2) is 23.1 Å². The lowest BCUT2D eigenvalue weighted by Crippen LogP contribution is -2.37. The summed E-state index contributed by atoms with van der Waals surface area (Å²) in [6.07, 6.45) is 0. The Hall–Kier alpha value is -1.23. The Morgan fingerprint density at radius 3 is 2.25 bits per heavy atom. The summed E-state index contributed by atoms with van der Waals surface area (Å²) >= 11 is 0. The van der Waals surface area contributed by atoms with Gasteiger partial charge in [-0.05, 0) is 32.0 Å². The summed E-state index contributed by atoms with van der Waals surface area (Å²) in [6.45, 7) is 3.27. The average Bonchev–Trinajstić information content (AvgIpc) is 2.29. The molecular formula is C10H16FN3O4S2. The molecular weight excluding hydrogens is 309 g/mol. The van der Waals surface area contributed by atoms with Crippen LogP contribution in [0.3, 0.4) is 0 Å². The van der Waals surface area contributed by atoms with E-state index in [2.05, 4.69) is 0 Å². The zero-order valence-corrected chi connectivity index (χ0v) is 12.8. The molecule has 0 bridgehead atoms. The molecule has 0 saturated heterocycles. The van der Waals surface area contributed by atoms with E-state index in [1.54, 1.807) is 13.8 Å². The highest BCUT2D eigenvalue weighted by Crippen LogP contribution is 2.21. The second-order valence-electron chi connectivity index (χ2n) is 4.40. The Kier molecular flexibility index (Phi) is 4.74. The highest BCUT2D eigenvalue weighted by molar-refractivity contribution is 7.90. The van der Waals surface area contributed by atoms with Crippen molar-refractivity contribution in [3.05, 3.63) is 24.0 Å². The van der Waals surface area contributed by atoms with Crippen molar-refractivity contribution in [1.29, 1.82) is 0 Å². The summed E-state index contributed by atoms with van der Waals surface area (Å²) in [7, 11) is -6.73. The molecule has 0 unspecified atom stereocenters. The van der Waals surface area contributed by atoms with Crippen molar-refractivity contribution in [2.75, 3.05) is 11.8 Å². The Bertz CT molecular complexity index is 701. The number of nitrogens with zero attached hydrogens (tertiary/aromatic N) is 1. The van der Waals surface area contributed by atoms with Gasteiger partial charge in [-0.3, -0.25) is 4.72 Å². The molecule has 7 nitrogen and oxygen atoms in total. The van der Waals surface area contributed by atoms with Gasteiger partial charge in [-0.2, -0.15) is 12.7 Å². The van der Waals surface area contributed by atoms with Gasteiger partial charge in [-0.25, -0.2) is 17.9 Å². The first-order valence-electron chi connectivity index (χ1n) is 5.53. The highest BCUT2D eigenvalue weighted by Gasteiger charge is 2.22. The van der Waals surface area contributed by atoms with Gasteiger partial charge in [0.05, 0.1) is 10.6 Å². The van der Waals surface area contributed by atoms with Crippen LogP contribution >= 0.6 is 0 Å². The first-order valence-corrected chi connectivity index (χ1v) is 8.52. The molecule has 0 radical (unpaired) electrons. The van der Waals surface area contributed by atoms with Gasteiger partial charge in [0.15, 0.2) is 0 Å². The second kappa shape index (κ2) is 5.64. The maximum Gasteiger partial charge on any atom is 0.301 e. The minimum absolute atomic E-state index is 0.350. The fourth-order valence-electron chi connectivity index (χ4n) is 1.25. The molecule has 0 aromatic heterocycles. The fourth-order valence-corrected chi connectivity index (χ4v) is 2.92. The number of primary sulfonamides is 1. The number of hydrogen-bond acceptors (Lipinski definition) is 4. The lowest BCUT2D eigenvalue weighted by atomic mass is 10.3. The molecule has 1 rings (SSSR count). The standard InChI is InChI=1S/C10H16FN3O4S2/c1-7(2)14(3)20(17,18)13-10-6-8(19(12,15)16)4-5-9(10)11/h4-7,13H,1-3H3,(H2,12,15,16). The third kappa shape index (κ3) is 3.88. The predicted octanol–water partition coefficient (Wildman–Crippen LogP) is 0.470. The number of benzene rings is 1. The molecule has 20 heavy (non-hydrogen) atoms. The zero-order valence-electron chi connectivity index (χ0n) is 11.2. The third-order valence-electron chi connectivity index (χ3n) is 2.61. The largest absolute Gasteiger partial charge is 0.301 e.